The van der Waals surface area contributed by atoms with Crippen molar-refractivity contribution in [1.82, 2.24) is 24.7 Å². The number of nitrogens with one attached hydrogen (secondary N) is 1. The summed E-state index contributed by atoms with van der Waals surface area (Å²) in [6, 6.07) is 0.956. The molecule has 0 bridgehead atoms. The molecule has 0 aromatic carbocycles. The van der Waals surface area contributed by atoms with Gasteiger partial charge in [-0.1, -0.05) is 12.8 Å². The number of nitrogens with zero attached hydrogens (tertiary/aromatic N) is 4. The Kier molecular flexibility index (Phi) is 5.25. The van der Waals surface area contributed by atoms with Crippen molar-refractivity contribution in [3.8, 4) is 0 Å². The van der Waals surface area contributed by atoms with Crippen molar-refractivity contribution in [3.05, 3.63) is 18.7 Å². The lowest BCUT2D eigenvalue weighted by Crippen LogP contribution is -2.48. The van der Waals surface area contributed by atoms with E-state index in [-0.39, 0.29) is 6.03 Å². The Balaban J connectivity index is 1.19. The zero-order chi connectivity index (χ0) is 17.1. The molecule has 1 saturated carbocycles. The number of hydrogen-bond acceptors (Lipinski definition) is 3. The quantitative estimate of drug-likeness (QED) is 0.912. The molecule has 2 amide bonds. The van der Waals surface area contributed by atoms with Crippen molar-refractivity contribution in [2.24, 2.45) is 5.92 Å². The van der Waals surface area contributed by atoms with Gasteiger partial charge in [-0.15, -0.1) is 0 Å². The monoisotopic (exact) mass is 345 g/mol. The number of hydrogen-bond donors (Lipinski definition) is 1. The molecule has 6 heteroatoms. The van der Waals surface area contributed by atoms with Crippen molar-refractivity contribution < 1.29 is 4.79 Å². The number of urea groups is 1. The minimum absolute atomic E-state index is 0.136. The fourth-order valence-corrected chi connectivity index (χ4v) is 4.79. The first-order chi connectivity index (χ1) is 12.3. The molecule has 2 saturated heterocycles. The number of amides is 2. The second-order valence-electron chi connectivity index (χ2n) is 8.07. The minimum atomic E-state index is 0.136. The van der Waals surface area contributed by atoms with Crippen molar-refractivity contribution in [3.63, 3.8) is 0 Å². The third-order valence-corrected chi connectivity index (χ3v) is 6.29. The summed E-state index contributed by atoms with van der Waals surface area (Å²) in [4.78, 5) is 21.3. The highest BCUT2D eigenvalue weighted by Gasteiger charge is 2.29. The van der Waals surface area contributed by atoms with Crippen LogP contribution in [0.1, 0.15) is 51.0 Å². The van der Waals surface area contributed by atoms with Gasteiger partial charge in [0.05, 0.1) is 6.33 Å². The van der Waals surface area contributed by atoms with Gasteiger partial charge in [-0.3, -0.25) is 0 Å². The molecular formula is C19H31N5O. The molecule has 1 aliphatic carbocycles. The van der Waals surface area contributed by atoms with E-state index in [0.717, 1.165) is 51.4 Å². The van der Waals surface area contributed by atoms with Crippen molar-refractivity contribution in [1.29, 1.82) is 0 Å². The summed E-state index contributed by atoms with van der Waals surface area (Å²) in [6.45, 7) is 5.10. The first-order valence-electron chi connectivity index (χ1n) is 10.0. The van der Waals surface area contributed by atoms with Gasteiger partial charge >= 0.3 is 6.03 Å². The van der Waals surface area contributed by atoms with Crippen LogP contribution in [0.2, 0.25) is 0 Å². The maximum Gasteiger partial charge on any atom is 0.317 e. The number of aromatic nitrogens is 2. The normalized spacial score (nSPS) is 26.4. The van der Waals surface area contributed by atoms with Gasteiger partial charge in [-0.05, 0) is 38.0 Å². The highest BCUT2D eigenvalue weighted by molar-refractivity contribution is 5.74. The van der Waals surface area contributed by atoms with E-state index in [1.165, 1.54) is 32.2 Å². The van der Waals surface area contributed by atoms with Crippen molar-refractivity contribution >= 4 is 6.03 Å². The third-order valence-electron chi connectivity index (χ3n) is 6.29. The highest BCUT2D eigenvalue weighted by atomic mass is 16.2. The van der Waals surface area contributed by atoms with Crippen LogP contribution in [0, 0.1) is 5.92 Å². The van der Waals surface area contributed by atoms with Crippen LogP contribution < -0.4 is 5.32 Å². The molecule has 3 fully saturated rings. The van der Waals surface area contributed by atoms with E-state index >= 15 is 0 Å². The van der Waals surface area contributed by atoms with Crippen LogP contribution in [0.5, 0.6) is 0 Å². The molecule has 1 N–H and O–H groups in total. The fraction of sp³-hybridized carbons (Fsp3) is 0.789. The standard InChI is InChI=1S/C19H31N5O/c25-19(23-10-6-18(7-11-23)24-12-8-20-15-24)21-17-5-9-22(14-17)13-16-3-1-2-4-16/h8,12,15-18H,1-7,9-11,13-14H2,(H,21,25). The first kappa shape index (κ1) is 16.9. The molecular weight excluding hydrogens is 314 g/mol. The van der Waals surface area contributed by atoms with Crippen molar-refractivity contribution in [2.45, 2.75) is 57.0 Å². The molecule has 0 spiro atoms. The van der Waals surface area contributed by atoms with Gasteiger partial charge < -0.3 is 19.7 Å². The summed E-state index contributed by atoms with van der Waals surface area (Å²) in [6.07, 6.45) is 14.5. The van der Waals surface area contributed by atoms with Crippen LogP contribution in [0.3, 0.4) is 0 Å². The predicted molar refractivity (Wildman–Crippen MR) is 97.4 cm³/mol. The molecule has 1 atom stereocenters. The smallest absolute Gasteiger partial charge is 0.317 e. The van der Waals surface area contributed by atoms with Gasteiger partial charge in [0, 0.05) is 57.2 Å². The average Bonchev–Trinajstić information content (AvgIpc) is 3.38. The van der Waals surface area contributed by atoms with Crippen LogP contribution in [0.25, 0.3) is 0 Å². The highest BCUT2D eigenvalue weighted by Crippen LogP contribution is 2.27. The van der Waals surface area contributed by atoms with Crippen LogP contribution in [0.15, 0.2) is 18.7 Å². The number of likely N-dealkylation sites (tertiary alicyclic amines) is 2. The lowest BCUT2D eigenvalue weighted by molar-refractivity contribution is 0.168. The average molecular weight is 345 g/mol. The largest absolute Gasteiger partial charge is 0.334 e. The molecule has 3 heterocycles. The van der Waals surface area contributed by atoms with Gasteiger partial charge in [0.1, 0.15) is 0 Å². The van der Waals surface area contributed by atoms with Crippen LogP contribution >= 0.6 is 0 Å². The molecule has 25 heavy (non-hydrogen) atoms. The van der Waals surface area contributed by atoms with E-state index < -0.39 is 0 Å². The molecule has 1 unspecified atom stereocenters. The van der Waals surface area contributed by atoms with Gasteiger partial charge in [-0.25, -0.2) is 9.78 Å². The van der Waals surface area contributed by atoms with E-state index in [2.05, 4.69) is 19.8 Å². The lowest BCUT2D eigenvalue weighted by Gasteiger charge is -2.33. The maximum atomic E-state index is 12.6. The molecule has 1 aromatic rings. The summed E-state index contributed by atoms with van der Waals surface area (Å²) in [7, 11) is 0. The van der Waals surface area contributed by atoms with Crippen molar-refractivity contribution in [2.75, 3.05) is 32.7 Å². The maximum absolute atomic E-state index is 12.6. The summed E-state index contributed by atoms with van der Waals surface area (Å²) in [5.74, 6) is 0.900. The van der Waals surface area contributed by atoms with Gasteiger partial charge in [-0.2, -0.15) is 0 Å². The Hall–Kier alpha value is -1.56. The Morgan fingerprint density at radius 2 is 1.88 bits per heavy atom. The van der Waals surface area contributed by atoms with Gasteiger partial charge in [0.15, 0.2) is 0 Å². The number of carbonyl (C=O) groups excluding carboxylic acids is 1. The van der Waals surface area contributed by atoms with Crippen LogP contribution in [-0.4, -0.2) is 64.1 Å². The van der Waals surface area contributed by atoms with Crippen LogP contribution in [0.4, 0.5) is 4.79 Å². The molecule has 2 aliphatic heterocycles. The topological polar surface area (TPSA) is 53.4 Å². The Morgan fingerprint density at radius 3 is 2.60 bits per heavy atom. The summed E-state index contributed by atoms with van der Waals surface area (Å²) in [5.41, 5.74) is 0. The second-order valence-corrected chi connectivity index (χ2v) is 8.07. The fourth-order valence-electron chi connectivity index (χ4n) is 4.79. The van der Waals surface area contributed by atoms with E-state index in [4.69, 9.17) is 0 Å². The van der Waals surface area contributed by atoms with Gasteiger partial charge in [0.25, 0.3) is 0 Å². The SMILES string of the molecule is O=C(NC1CCN(CC2CCCC2)C1)N1CCC(n2ccnc2)CC1. The molecule has 138 valence electrons. The minimum Gasteiger partial charge on any atom is -0.334 e. The Morgan fingerprint density at radius 1 is 1.08 bits per heavy atom. The summed E-state index contributed by atoms with van der Waals surface area (Å²) >= 11 is 0. The van der Waals surface area contributed by atoms with Crippen LogP contribution in [-0.2, 0) is 0 Å². The summed E-state index contributed by atoms with van der Waals surface area (Å²) in [5, 5.41) is 3.28. The predicted octanol–water partition coefficient (Wildman–Crippen LogP) is 2.49. The molecule has 4 rings (SSSR count). The number of imidazole rings is 1. The number of rotatable bonds is 4. The molecule has 1 aromatic heterocycles. The van der Waals surface area contributed by atoms with E-state index in [1.807, 2.05) is 23.6 Å². The molecule has 0 radical (unpaired) electrons. The zero-order valence-electron chi connectivity index (χ0n) is 15.1. The van der Waals surface area contributed by atoms with E-state index in [0.29, 0.717) is 12.1 Å². The molecule has 6 nitrogen and oxygen atoms in total. The summed E-state index contributed by atoms with van der Waals surface area (Å²) < 4.78 is 2.17. The lowest BCUT2D eigenvalue weighted by atomic mass is 10.1. The van der Waals surface area contributed by atoms with Gasteiger partial charge in [0.2, 0.25) is 0 Å². The first-order valence-corrected chi connectivity index (χ1v) is 10.0. The molecule has 3 aliphatic rings. The number of piperidine rings is 1. The Bertz CT molecular complexity index is 546. The van der Waals surface area contributed by atoms with E-state index in [9.17, 15) is 4.79 Å². The Labute approximate surface area is 150 Å². The third kappa shape index (κ3) is 4.17. The van der Waals surface area contributed by atoms with E-state index in [1.54, 1.807) is 0 Å². The second kappa shape index (κ2) is 7.77. The number of carbonyl (C=O) groups is 1. The zero-order valence-corrected chi connectivity index (χ0v) is 15.1.